The van der Waals surface area contributed by atoms with E-state index in [0.29, 0.717) is 21.6 Å². The first kappa shape index (κ1) is 18.6. The number of carbonyl (C=O) groups excluding carboxylic acids is 1. The molecule has 0 radical (unpaired) electrons. The SMILES string of the molecule is COc1ccc(Nc2nc(COC(=O)c3n[nH]c(=O)c4ccccc34)cs2)cc1. The number of hydrogen-bond acceptors (Lipinski definition) is 8. The van der Waals surface area contributed by atoms with Crippen molar-refractivity contribution in [3.63, 3.8) is 0 Å². The highest BCUT2D eigenvalue weighted by Gasteiger charge is 2.16. The van der Waals surface area contributed by atoms with Crippen molar-refractivity contribution >= 4 is 38.9 Å². The van der Waals surface area contributed by atoms with E-state index in [4.69, 9.17) is 9.47 Å². The van der Waals surface area contributed by atoms with Crippen molar-refractivity contribution in [3.05, 3.63) is 75.7 Å². The highest BCUT2D eigenvalue weighted by molar-refractivity contribution is 7.13. The highest BCUT2D eigenvalue weighted by Crippen LogP contribution is 2.23. The summed E-state index contributed by atoms with van der Waals surface area (Å²) >= 11 is 1.40. The van der Waals surface area contributed by atoms with Crippen LogP contribution in [0.4, 0.5) is 10.8 Å². The lowest BCUT2D eigenvalue weighted by molar-refractivity contribution is 0.0462. The van der Waals surface area contributed by atoms with Crippen LogP contribution in [-0.4, -0.2) is 28.3 Å². The number of ether oxygens (including phenoxy) is 2. The zero-order chi connectivity index (χ0) is 20.2. The van der Waals surface area contributed by atoms with E-state index in [1.807, 2.05) is 24.3 Å². The molecule has 0 fully saturated rings. The van der Waals surface area contributed by atoms with Gasteiger partial charge in [-0.15, -0.1) is 11.3 Å². The number of aromatic amines is 1. The predicted octanol–water partition coefficient (Wildman–Crippen LogP) is 3.49. The Bertz CT molecular complexity index is 1220. The molecule has 0 aliphatic carbocycles. The molecule has 0 aliphatic heterocycles. The summed E-state index contributed by atoms with van der Waals surface area (Å²) < 4.78 is 10.5. The van der Waals surface area contributed by atoms with E-state index < -0.39 is 5.97 Å². The van der Waals surface area contributed by atoms with Crippen molar-refractivity contribution in [1.29, 1.82) is 0 Å². The van der Waals surface area contributed by atoms with Crippen LogP contribution in [0.25, 0.3) is 10.8 Å². The summed E-state index contributed by atoms with van der Waals surface area (Å²) in [7, 11) is 1.61. The van der Waals surface area contributed by atoms with Crippen LogP contribution in [0.5, 0.6) is 5.75 Å². The number of carbonyl (C=O) groups is 1. The molecule has 2 aromatic carbocycles. The van der Waals surface area contributed by atoms with Crippen LogP contribution in [0.15, 0.2) is 58.7 Å². The van der Waals surface area contributed by atoms with Crippen molar-refractivity contribution in [2.45, 2.75) is 6.61 Å². The number of thiazole rings is 1. The van der Waals surface area contributed by atoms with Gasteiger partial charge in [0.05, 0.1) is 18.2 Å². The molecule has 2 N–H and O–H groups in total. The summed E-state index contributed by atoms with van der Waals surface area (Å²) in [6.45, 7) is -0.00520. The molecule has 0 amide bonds. The molecule has 0 aliphatic rings. The minimum Gasteiger partial charge on any atom is -0.497 e. The Morgan fingerprint density at radius 2 is 1.90 bits per heavy atom. The van der Waals surface area contributed by atoms with Gasteiger partial charge in [0.2, 0.25) is 0 Å². The zero-order valence-corrected chi connectivity index (χ0v) is 16.2. The van der Waals surface area contributed by atoms with Crippen LogP contribution >= 0.6 is 11.3 Å². The van der Waals surface area contributed by atoms with Gasteiger partial charge >= 0.3 is 5.97 Å². The topological polar surface area (TPSA) is 106 Å². The lowest BCUT2D eigenvalue weighted by atomic mass is 10.1. The Balaban J connectivity index is 1.43. The van der Waals surface area contributed by atoms with E-state index in [-0.39, 0.29) is 17.9 Å². The maximum atomic E-state index is 12.4. The fourth-order valence-electron chi connectivity index (χ4n) is 2.71. The number of nitrogens with one attached hydrogen (secondary N) is 2. The molecule has 2 heterocycles. The minimum absolute atomic E-state index is 0.00520. The van der Waals surface area contributed by atoms with E-state index in [1.54, 1.807) is 36.8 Å². The number of hydrogen-bond donors (Lipinski definition) is 2. The van der Waals surface area contributed by atoms with Gasteiger partial charge in [0.1, 0.15) is 12.4 Å². The van der Waals surface area contributed by atoms with Gasteiger partial charge in [-0.25, -0.2) is 14.9 Å². The van der Waals surface area contributed by atoms with Crippen LogP contribution in [0.3, 0.4) is 0 Å². The lowest BCUT2D eigenvalue weighted by Crippen LogP contribution is -2.16. The fraction of sp³-hybridized carbons (Fsp3) is 0.100. The molecule has 4 rings (SSSR count). The molecule has 0 unspecified atom stereocenters. The Morgan fingerprint density at radius 3 is 2.66 bits per heavy atom. The van der Waals surface area contributed by atoms with Gasteiger partial charge in [-0.2, -0.15) is 5.10 Å². The van der Waals surface area contributed by atoms with Gasteiger partial charge in [-0.3, -0.25) is 4.79 Å². The van der Waals surface area contributed by atoms with Gasteiger partial charge in [0.15, 0.2) is 10.8 Å². The summed E-state index contributed by atoms with van der Waals surface area (Å²) in [5.41, 5.74) is 1.18. The lowest BCUT2D eigenvalue weighted by Gasteiger charge is -2.05. The number of fused-ring (bicyclic) bond motifs is 1. The third-order valence-electron chi connectivity index (χ3n) is 4.13. The first-order valence-corrected chi connectivity index (χ1v) is 9.52. The number of benzene rings is 2. The van der Waals surface area contributed by atoms with Gasteiger partial charge in [0.25, 0.3) is 5.56 Å². The Morgan fingerprint density at radius 1 is 1.14 bits per heavy atom. The quantitative estimate of drug-likeness (QED) is 0.470. The first-order chi connectivity index (χ1) is 14.1. The molecule has 146 valence electrons. The van der Waals surface area contributed by atoms with Gasteiger partial charge in [-0.05, 0) is 30.3 Å². The molecule has 2 aromatic heterocycles. The monoisotopic (exact) mass is 408 g/mol. The molecule has 29 heavy (non-hydrogen) atoms. The average molecular weight is 408 g/mol. The van der Waals surface area contributed by atoms with Crippen molar-refractivity contribution in [3.8, 4) is 5.75 Å². The van der Waals surface area contributed by atoms with E-state index in [1.165, 1.54) is 11.3 Å². The molecule has 8 nitrogen and oxygen atoms in total. The second kappa shape index (κ2) is 8.11. The van der Waals surface area contributed by atoms with Crippen molar-refractivity contribution in [2.24, 2.45) is 0 Å². The molecule has 0 saturated carbocycles. The highest BCUT2D eigenvalue weighted by atomic mass is 32.1. The fourth-order valence-corrected chi connectivity index (χ4v) is 3.42. The van der Waals surface area contributed by atoms with Crippen LogP contribution in [0, 0.1) is 0 Å². The van der Waals surface area contributed by atoms with E-state index in [0.717, 1.165) is 11.4 Å². The molecule has 4 aromatic rings. The van der Waals surface area contributed by atoms with Gasteiger partial charge < -0.3 is 14.8 Å². The number of H-pyrrole nitrogens is 1. The number of nitrogens with zero attached hydrogens (tertiary/aromatic N) is 2. The Hall–Kier alpha value is -3.72. The summed E-state index contributed by atoms with van der Waals surface area (Å²) in [4.78, 5) is 28.7. The normalized spacial score (nSPS) is 10.7. The number of rotatable bonds is 6. The Kier molecular flexibility index (Phi) is 5.21. The van der Waals surface area contributed by atoms with Crippen LogP contribution in [-0.2, 0) is 11.3 Å². The molecule has 9 heteroatoms. The van der Waals surface area contributed by atoms with Gasteiger partial charge in [0, 0.05) is 16.5 Å². The number of methoxy groups -OCH3 is 1. The van der Waals surface area contributed by atoms with E-state index in [9.17, 15) is 9.59 Å². The second-order valence-corrected chi connectivity index (χ2v) is 6.88. The maximum Gasteiger partial charge on any atom is 0.359 e. The summed E-state index contributed by atoms with van der Waals surface area (Å²) in [6.07, 6.45) is 0. The van der Waals surface area contributed by atoms with Crippen LogP contribution in [0.1, 0.15) is 16.2 Å². The predicted molar refractivity (Wildman–Crippen MR) is 110 cm³/mol. The third-order valence-corrected chi connectivity index (χ3v) is 4.94. The molecule has 0 atom stereocenters. The molecular formula is C20H16N4O4S. The van der Waals surface area contributed by atoms with Gasteiger partial charge in [-0.1, -0.05) is 18.2 Å². The van der Waals surface area contributed by atoms with Crippen LogP contribution < -0.4 is 15.6 Å². The Labute approximate surface area is 169 Å². The maximum absolute atomic E-state index is 12.4. The van der Waals surface area contributed by atoms with Crippen LogP contribution in [0.2, 0.25) is 0 Å². The van der Waals surface area contributed by atoms with Crippen molar-refractivity contribution in [2.75, 3.05) is 12.4 Å². The third kappa shape index (κ3) is 4.09. The molecule has 0 spiro atoms. The molecule has 0 bridgehead atoms. The molecular weight excluding hydrogens is 392 g/mol. The largest absolute Gasteiger partial charge is 0.497 e. The smallest absolute Gasteiger partial charge is 0.359 e. The summed E-state index contributed by atoms with van der Waals surface area (Å²) in [5, 5.41) is 12.7. The number of esters is 1. The van der Waals surface area contributed by atoms with E-state index >= 15 is 0 Å². The number of aromatic nitrogens is 3. The second-order valence-electron chi connectivity index (χ2n) is 6.02. The average Bonchev–Trinajstić information content (AvgIpc) is 3.20. The van der Waals surface area contributed by atoms with E-state index in [2.05, 4.69) is 20.5 Å². The standard InChI is InChI=1S/C20H16N4O4S/c1-27-14-8-6-12(7-9-14)21-20-22-13(11-29-20)10-28-19(26)17-15-4-2-3-5-16(15)18(25)24-23-17/h2-9,11H,10H2,1H3,(H,21,22)(H,24,25). The first-order valence-electron chi connectivity index (χ1n) is 8.64. The van der Waals surface area contributed by atoms with Crippen molar-refractivity contribution < 1.29 is 14.3 Å². The number of anilines is 2. The van der Waals surface area contributed by atoms with Crippen molar-refractivity contribution in [1.82, 2.24) is 15.2 Å². The minimum atomic E-state index is -0.630. The summed E-state index contributed by atoms with van der Waals surface area (Å²) in [6, 6.07) is 14.2. The summed E-state index contributed by atoms with van der Waals surface area (Å²) in [5.74, 6) is 0.140. The zero-order valence-electron chi connectivity index (χ0n) is 15.3. The molecule has 0 saturated heterocycles.